The van der Waals surface area contributed by atoms with Gasteiger partial charge in [-0.05, 0) is 54.7 Å². The molecule has 0 saturated heterocycles. The third kappa shape index (κ3) is 1.75. The van der Waals surface area contributed by atoms with Gasteiger partial charge < -0.3 is 10.2 Å². The summed E-state index contributed by atoms with van der Waals surface area (Å²) in [6.07, 6.45) is 1.52. The van der Waals surface area contributed by atoms with Crippen LogP contribution in [0.2, 0.25) is 0 Å². The fraction of sp³-hybridized carbons (Fsp3) is 0.400. The Morgan fingerprint density at radius 3 is 2.44 bits per heavy atom. The molecule has 0 aliphatic heterocycles. The van der Waals surface area contributed by atoms with Gasteiger partial charge in [-0.2, -0.15) is 0 Å². The SMILES string of the molecule is Cc1cc2c(cc1O)[C@](C)(O)C(=O)C=C2C(C)C. The number of carbonyl (C=O) groups is 1. The van der Waals surface area contributed by atoms with E-state index in [-0.39, 0.29) is 17.5 Å². The van der Waals surface area contributed by atoms with Gasteiger partial charge in [0, 0.05) is 5.56 Å². The Morgan fingerprint density at radius 1 is 1.28 bits per heavy atom. The molecule has 2 N–H and O–H groups in total. The van der Waals surface area contributed by atoms with Crippen molar-refractivity contribution in [2.24, 2.45) is 5.92 Å². The van der Waals surface area contributed by atoms with Crippen molar-refractivity contribution in [2.75, 3.05) is 0 Å². The standard InChI is InChI=1S/C15H18O3/c1-8(2)10-6-14(17)15(4,18)12-7-13(16)9(3)5-11(10)12/h5-8,16,18H,1-4H3/t15-/m0/s1. The summed E-state index contributed by atoms with van der Waals surface area (Å²) < 4.78 is 0. The Balaban J connectivity index is 2.77. The first-order valence-electron chi connectivity index (χ1n) is 6.08. The Labute approximate surface area is 107 Å². The summed E-state index contributed by atoms with van der Waals surface area (Å²) in [6.45, 7) is 7.28. The average molecular weight is 246 g/mol. The van der Waals surface area contributed by atoms with Crippen LogP contribution in [0.5, 0.6) is 5.75 Å². The predicted octanol–water partition coefficient (Wildman–Crippen LogP) is 2.53. The van der Waals surface area contributed by atoms with Gasteiger partial charge in [-0.3, -0.25) is 4.79 Å². The van der Waals surface area contributed by atoms with Gasteiger partial charge in [0.05, 0.1) is 0 Å². The maximum absolute atomic E-state index is 12.0. The van der Waals surface area contributed by atoms with E-state index >= 15 is 0 Å². The highest BCUT2D eigenvalue weighted by Gasteiger charge is 2.38. The highest BCUT2D eigenvalue weighted by atomic mass is 16.3. The number of fused-ring (bicyclic) bond motifs is 1. The monoisotopic (exact) mass is 246 g/mol. The highest BCUT2D eigenvalue weighted by molar-refractivity contribution is 6.06. The molecule has 0 spiro atoms. The third-order valence-electron chi connectivity index (χ3n) is 3.56. The summed E-state index contributed by atoms with van der Waals surface area (Å²) >= 11 is 0. The molecule has 1 atom stereocenters. The molecule has 1 aromatic carbocycles. The summed E-state index contributed by atoms with van der Waals surface area (Å²) in [7, 11) is 0. The molecule has 0 saturated carbocycles. The minimum atomic E-state index is -1.56. The minimum Gasteiger partial charge on any atom is -0.508 e. The maximum atomic E-state index is 12.0. The minimum absolute atomic E-state index is 0.104. The second-order valence-electron chi connectivity index (χ2n) is 5.38. The molecule has 0 unspecified atom stereocenters. The third-order valence-corrected chi connectivity index (χ3v) is 3.56. The lowest BCUT2D eigenvalue weighted by Gasteiger charge is -2.31. The first-order valence-corrected chi connectivity index (χ1v) is 6.08. The van der Waals surface area contributed by atoms with E-state index in [0.717, 1.165) is 16.7 Å². The van der Waals surface area contributed by atoms with Crippen LogP contribution in [0.3, 0.4) is 0 Å². The normalized spacial score (nSPS) is 23.0. The number of aryl methyl sites for hydroxylation is 1. The van der Waals surface area contributed by atoms with Crippen LogP contribution in [0.25, 0.3) is 5.57 Å². The van der Waals surface area contributed by atoms with E-state index in [2.05, 4.69) is 0 Å². The van der Waals surface area contributed by atoms with Crippen molar-refractivity contribution in [1.29, 1.82) is 0 Å². The fourth-order valence-corrected chi connectivity index (χ4v) is 2.31. The molecule has 0 fully saturated rings. The first-order chi connectivity index (χ1) is 8.25. The largest absolute Gasteiger partial charge is 0.508 e. The zero-order valence-corrected chi connectivity index (χ0v) is 11.1. The van der Waals surface area contributed by atoms with E-state index < -0.39 is 5.60 Å². The number of carbonyl (C=O) groups excluding carboxylic acids is 1. The molecular formula is C15H18O3. The topological polar surface area (TPSA) is 57.5 Å². The van der Waals surface area contributed by atoms with Crippen molar-refractivity contribution in [2.45, 2.75) is 33.3 Å². The molecule has 3 heteroatoms. The molecule has 0 bridgehead atoms. The Kier molecular flexibility index (Phi) is 2.82. The van der Waals surface area contributed by atoms with Crippen LogP contribution < -0.4 is 0 Å². The van der Waals surface area contributed by atoms with Gasteiger partial charge in [0.25, 0.3) is 0 Å². The number of ketones is 1. The average Bonchev–Trinajstić information content (AvgIpc) is 2.26. The second kappa shape index (κ2) is 3.95. The van der Waals surface area contributed by atoms with Crippen LogP contribution in [-0.4, -0.2) is 16.0 Å². The van der Waals surface area contributed by atoms with Crippen LogP contribution >= 0.6 is 0 Å². The predicted molar refractivity (Wildman–Crippen MR) is 70.2 cm³/mol. The highest BCUT2D eigenvalue weighted by Crippen LogP contribution is 2.40. The van der Waals surface area contributed by atoms with Crippen molar-refractivity contribution >= 4 is 11.4 Å². The van der Waals surface area contributed by atoms with Crippen molar-refractivity contribution in [3.05, 3.63) is 34.9 Å². The van der Waals surface area contributed by atoms with Crippen LogP contribution in [-0.2, 0) is 10.4 Å². The molecule has 18 heavy (non-hydrogen) atoms. The van der Waals surface area contributed by atoms with Gasteiger partial charge in [-0.25, -0.2) is 0 Å². The van der Waals surface area contributed by atoms with Crippen LogP contribution in [0.1, 0.15) is 37.5 Å². The van der Waals surface area contributed by atoms with Crippen molar-refractivity contribution in [3.8, 4) is 5.75 Å². The van der Waals surface area contributed by atoms with Gasteiger partial charge in [-0.15, -0.1) is 0 Å². The smallest absolute Gasteiger partial charge is 0.191 e. The van der Waals surface area contributed by atoms with Crippen LogP contribution in [0, 0.1) is 12.8 Å². The molecule has 1 aliphatic carbocycles. The molecule has 1 aromatic rings. The quantitative estimate of drug-likeness (QED) is 0.800. The summed E-state index contributed by atoms with van der Waals surface area (Å²) in [4.78, 5) is 12.0. The molecular weight excluding hydrogens is 228 g/mol. The molecule has 3 nitrogen and oxygen atoms in total. The Morgan fingerprint density at radius 2 is 1.89 bits per heavy atom. The summed E-state index contributed by atoms with van der Waals surface area (Å²) in [5, 5.41) is 20.1. The number of aliphatic hydroxyl groups is 1. The van der Waals surface area contributed by atoms with Gasteiger partial charge in [0.2, 0.25) is 0 Å². The van der Waals surface area contributed by atoms with E-state index in [4.69, 9.17) is 0 Å². The van der Waals surface area contributed by atoms with E-state index in [1.54, 1.807) is 6.92 Å². The molecule has 0 amide bonds. The second-order valence-corrected chi connectivity index (χ2v) is 5.38. The summed E-state index contributed by atoms with van der Waals surface area (Å²) in [6, 6.07) is 3.33. The van der Waals surface area contributed by atoms with Gasteiger partial charge >= 0.3 is 0 Å². The van der Waals surface area contributed by atoms with Crippen molar-refractivity contribution in [3.63, 3.8) is 0 Å². The number of allylic oxidation sites excluding steroid dienone is 1. The molecule has 96 valence electrons. The van der Waals surface area contributed by atoms with Crippen molar-refractivity contribution < 1.29 is 15.0 Å². The summed E-state index contributed by atoms with van der Waals surface area (Å²) in [5.41, 5.74) is 1.43. The van der Waals surface area contributed by atoms with Crippen LogP contribution in [0.4, 0.5) is 0 Å². The van der Waals surface area contributed by atoms with E-state index in [9.17, 15) is 15.0 Å². The molecule has 0 heterocycles. The number of benzene rings is 1. The maximum Gasteiger partial charge on any atom is 0.191 e. The Hall–Kier alpha value is -1.61. The van der Waals surface area contributed by atoms with Gasteiger partial charge in [-0.1, -0.05) is 13.8 Å². The lowest BCUT2D eigenvalue weighted by molar-refractivity contribution is -0.131. The lowest BCUT2D eigenvalue weighted by atomic mass is 9.76. The summed E-state index contributed by atoms with van der Waals surface area (Å²) in [5.74, 6) is -0.0403. The lowest BCUT2D eigenvalue weighted by Crippen LogP contribution is -2.35. The molecule has 0 radical (unpaired) electrons. The number of phenols is 1. The molecule has 0 aromatic heterocycles. The molecule has 2 rings (SSSR count). The van der Waals surface area contributed by atoms with E-state index in [1.165, 1.54) is 19.1 Å². The number of hydrogen-bond donors (Lipinski definition) is 2. The number of hydrogen-bond acceptors (Lipinski definition) is 3. The van der Waals surface area contributed by atoms with E-state index in [1.807, 2.05) is 19.9 Å². The number of aromatic hydroxyl groups is 1. The fourth-order valence-electron chi connectivity index (χ4n) is 2.31. The number of phenolic OH excluding ortho intramolecular Hbond substituents is 1. The van der Waals surface area contributed by atoms with Gasteiger partial charge in [0.1, 0.15) is 11.4 Å². The van der Waals surface area contributed by atoms with Crippen LogP contribution in [0.15, 0.2) is 18.2 Å². The number of rotatable bonds is 1. The Bertz CT molecular complexity index is 551. The van der Waals surface area contributed by atoms with Crippen molar-refractivity contribution in [1.82, 2.24) is 0 Å². The van der Waals surface area contributed by atoms with E-state index in [0.29, 0.717) is 5.56 Å². The molecule has 1 aliphatic rings. The zero-order chi connectivity index (χ0) is 13.7. The zero-order valence-electron chi connectivity index (χ0n) is 11.1. The van der Waals surface area contributed by atoms with Gasteiger partial charge in [0.15, 0.2) is 5.78 Å². The first kappa shape index (κ1) is 12.8.